The Bertz CT molecular complexity index is 560. The number of hydrogen-bond donors (Lipinski definition) is 1. The van der Waals surface area contributed by atoms with Crippen molar-refractivity contribution >= 4 is 29.1 Å². The number of nitrogens with zero attached hydrogens (tertiary/aromatic N) is 2. The normalized spacial score (nSPS) is 13.7. The van der Waals surface area contributed by atoms with Crippen molar-refractivity contribution in [2.45, 2.75) is 24.8 Å². The van der Waals surface area contributed by atoms with Gasteiger partial charge in [0.2, 0.25) is 0 Å². The summed E-state index contributed by atoms with van der Waals surface area (Å²) in [6, 6.07) is 10.8. The first-order valence-corrected chi connectivity index (χ1v) is 6.49. The van der Waals surface area contributed by atoms with Gasteiger partial charge in [-0.25, -0.2) is 0 Å². The molecule has 0 fully saturated rings. The summed E-state index contributed by atoms with van der Waals surface area (Å²) in [5.41, 5.74) is 8.15. The van der Waals surface area contributed by atoms with Crippen molar-refractivity contribution in [3.63, 3.8) is 0 Å². The molecule has 17 heavy (non-hydrogen) atoms. The molecule has 1 aliphatic rings. The molecule has 4 heteroatoms. The summed E-state index contributed by atoms with van der Waals surface area (Å²) in [7, 11) is 0. The maximum atomic E-state index is 6.07. The Labute approximate surface area is 105 Å². The van der Waals surface area contributed by atoms with Crippen LogP contribution in [0.1, 0.15) is 13.8 Å². The lowest BCUT2D eigenvalue weighted by Gasteiger charge is -2.35. The topological polar surface area (TPSA) is 34.2 Å². The highest BCUT2D eigenvalue weighted by Gasteiger charge is 2.26. The van der Waals surface area contributed by atoms with E-state index in [-0.39, 0.29) is 0 Å². The van der Waals surface area contributed by atoms with E-state index in [2.05, 4.69) is 47.0 Å². The zero-order valence-corrected chi connectivity index (χ0v) is 10.7. The van der Waals surface area contributed by atoms with E-state index in [4.69, 9.17) is 5.73 Å². The number of hydrogen-bond acceptors (Lipinski definition) is 3. The molecule has 0 amide bonds. The van der Waals surface area contributed by atoms with Crippen LogP contribution in [0.4, 0.5) is 17.2 Å². The summed E-state index contributed by atoms with van der Waals surface area (Å²) < 4.78 is 2.14. The maximum Gasteiger partial charge on any atom is 0.147 e. The van der Waals surface area contributed by atoms with Gasteiger partial charge >= 0.3 is 0 Å². The summed E-state index contributed by atoms with van der Waals surface area (Å²) in [5.74, 6) is 1.09. The van der Waals surface area contributed by atoms with Crippen LogP contribution < -0.4 is 10.6 Å². The zero-order chi connectivity index (χ0) is 12.0. The van der Waals surface area contributed by atoms with Gasteiger partial charge < -0.3 is 10.6 Å². The number of para-hydroxylation sites is 1. The van der Waals surface area contributed by atoms with E-state index in [0.29, 0.717) is 6.04 Å². The molecular formula is C13H15N3S. The van der Waals surface area contributed by atoms with Gasteiger partial charge in [-0.3, -0.25) is 3.97 Å². The van der Waals surface area contributed by atoms with Gasteiger partial charge in [0, 0.05) is 12.2 Å². The molecule has 0 spiro atoms. The van der Waals surface area contributed by atoms with Crippen molar-refractivity contribution in [3.05, 3.63) is 36.5 Å². The first-order chi connectivity index (χ1) is 8.18. The number of anilines is 3. The lowest BCUT2D eigenvalue weighted by Crippen LogP contribution is -2.30. The van der Waals surface area contributed by atoms with Crippen molar-refractivity contribution in [1.29, 1.82) is 0 Å². The first kappa shape index (κ1) is 10.6. The van der Waals surface area contributed by atoms with Crippen LogP contribution in [0, 0.1) is 0 Å². The Hall–Kier alpha value is -1.55. The molecule has 3 rings (SSSR count). The van der Waals surface area contributed by atoms with Crippen molar-refractivity contribution < 1.29 is 0 Å². The highest BCUT2D eigenvalue weighted by Crippen LogP contribution is 2.46. The van der Waals surface area contributed by atoms with Crippen molar-refractivity contribution in [3.8, 4) is 0 Å². The second kappa shape index (κ2) is 3.74. The fraction of sp³-hybridized carbons (Fsp3) is 0.231. The molecule has 0 radical (unpaired) electrons. The molecule has 2 heterocycles. The van der Waals surface area contributed by atoms with Gasteiger partial charge in [-0.1, -0.05) is 12.1 Å². The zero-order valence-electron chi connectivity index (χ0n) is 9.92. The molecule has 88 valence electrons. The van der Waals surface area contributed by atoms with Gasteiger partial charge in [-0.05, 0) is 44.0 Å². The molecule has 2 aromatic rings. The molecule has 1 aliphatic heterocycles. The van der Waals surface area contributed by atoms with E-state index >= 15 is 0 Å². The number of benzene rings is 1. The summed E-state index contributed by atoms with van der Waals surface area (Å²) in [4.78, 5) is 3.56. The fourth-order valence-electron chi connectivity index (χ4n) is 2.22. The predicted molar refractivity (Wildman–Crippen MR) is 73.8 cm³/mol. The molecule has 0 saturated heterocycles. The number of nitrogen functional groups attached to an aromatic ring is 1. The van der Waals surface area contributed by atoms with Gasteiger partial charge in [-0.2, -0.15) is 0 Å². The average molecular weight is 245 g/mol. The quantitative estimate of drug-likeness (QED) is 0.835. The third-order valence-electron chi connectivity index (χ3n) is 2.92. The number of nitrogens with two attached hydrogens (primary N) is 1. The van der Waals surface area contributed by atoms with Crippen LogP contribution in [-0.4, -0.2) is 10.0 Å². The molecule has 1 aromatic carbocycles. The number of rotatable bonds is 1. The van der Waals surface area contributed by atoms with E-state index < -0.39 is 0 Å². The molecule has 0 unspecified atom stereocenters. The largest absolute Gasteiger partial charge is 0.396 e. The minimum atomic E-state index is 0.382. The molecule has 0 saturated carbocycles. The van der Waals surface area contributed by atoms with Gasteiger partial charge in [0.1, 0.15) is 5.82 Å². The number of fused-ring (bicyclic) bond motifs is 2. The van der Waals surface area contributed by atoms with E-state index in [0.717, 1.165) is 11.5 Å². The van der Waals surface area contributed by atoms with Crippen molar-refractivity contribution in [2.24, 2.45) is 0 Å². The van der Waals surface area contributed by atoms with Crippen LogP contribution in [0.25, 0.3) is 0 Å². The molecule has 0 aliphatic carbocycles. The third kappa shape index (κ3) is 1.52. The van der Waals surface area contributed by atoms with Crippen molar-refractivity contribution in [2.75, 3.05) is 10.6 Å². The van der Waals surface area contributed by atoms with Crippen LogP contribution >= 0.6 is 11.9 Å². The van der Waals surface area contributed by atoms with E-state index in [1.165, 1.54) is 10.6 Å². The Kier molecular flexibility index (Phi) is 2.33. The maximum absolute atomic E-state index is 6.07. The minimum absolute atomic E-state index is 0.382. The predicted octanol–water partition coefficient (Wildman–Crippen LogP) is 3.49. The Morgan fingerprint density at radius 3 is 2.71 bits per heavy atom. The molecular weight excluding hydrogens is 230 g/mol. The molecule has 2 N–H and O–H groups in total. The smallest absolute Gasteiger partial charge is 0.147 e. The second-order valence-electron chi connectivity index (χ2n) is 4.44. The van der Waals surface area contributed by atoms with E-state index in [1.54, 1.807) is 11.9 Å². The molecule has 0 atom stereocenters. The van der Waals surface area contributed by atoms with E-state index in [9.17, 15) is 0 Å². The Morgan fingerprint density at radius 1 is 1.18 bits per heavy atom. The van der Waals surface area contributed by atoms with Gasteiger partial charge in [0.05, 0.1) is 16.3 Å². The lowest BCUT2D eigenvalue weighted by atomic mass is 10.2. The van der Waals surface area contributed by atoms with Gasteiger partial charge in [0.25, 0.3) is 0 Å². The summed E-state index contributed by atoms with van der Waals surface area (Å²) >= 11 is 1.72. The van der Waals surface area contributed by atoms with Crippen LogP contribution in [-0.2, 0) is 0 Å². The van der Waals surface area contributed by atoms with Gasteiger partial charge in [0.15, 0.2) is 0 Å². The van der Waals surface area contributed by atoms with Crippen LogP contribution in [0.5, 0.6) is 0 Å². The molecule has 3 nitrogen and oxygen atoms in total. The summed E-state index contributed by atoms with van der Waals surface area (Å²) in [5, 5.41) is 0. The van der Waals surface area contributed by atoms with Crippen molar-refractivity contribution in [1.82, 2.24) is 3.97 Å². The van der Waals surface area contributed by atoms with Crippen LogP contribution in [0.3, 0.4) is 0 Å². The fourth-order valence-corrected chi connectivity index (χ4v) is 3.23. The number of aromatic nitrogens is 1. The third-order valence-corrected chi connectivity index (χ3v) is 3.96. The molecule has 0 bridgehead atoms. The average Bonchev–Trinajstić information content (AvgIpc) is 2.67. The Morgan fingerprint density at radius 2 is 1.94 bits per heavy atom. The molecule has 1 aromatic heterocycles. The summed E-state index contributed by atoms with van der Waals surface area (Å²) in [6.07, 6.45) is 2.03. The first-order valence-electron chi connectivity index (χ1n) is 5.72. The lowest BCUT2D eigenvalue weighted by molar-refractivity contribution is 0.765. The highest BCUT2D eigenvalue weighted by atomic mass is 32.2. The standard InChI is InChI=1S/C13H15N3S/c1-9(2)16-11-5-3-4-6-12(11)17-15-8-7-10(14)13(15)16/h3-9H,14H2,1-2H3. The second-order valence-corrected chi connectivity index (χ2v) is 5.46. The summed E-state index contributed by atoms with van der Waals surface area (Å²) in [6.45, 7) is 4.37. The van der Waals surface area contributed by atoms with Crippen LogP contribution in [0.15, 0.2) is 41.4 Å². The van der Waals surface area contributed by atoms with Gasteiger partial charge in [-0.15, -0.1) is 0 Å². The van der Waals surface area contributed by atoms with Crippen LogP contribution in [0.2, 0.25) is 0 Å². The van der Waals surface area contributed by atoms with E-state index in [1.807, 2.05) is 12.3 Å². The SMILES string of the molecule is CC(C)N1c2ccccc2Sn2ccc(N)c21. The highest BCUT2D eigenvalue weighted by molar-refractivity contribution is 7.98. The minimum Gasteiger partial charge on any atom is -0.396 e. The monoisotopic (exact) mass is 245 g/mol. The Balaban J connectivity index is 2.22.